The van der Waals surface area contributed by atoms with Gasteiger partial charge in [0.1, 0.15) is 11.6 Å². The molecule has 1 saturated heterocycles. The van der Waals surface area contributed by atoms with E-state index in [1.807, 2.05) is 6.07 Å². The average Bonchev–Trinajstić information content (AvgIpc) is 2.67. The maximum Gasteiger partial charge on any atom is 0.270 e. The Balaban J connectivity index is 1.64. The first kappa shape index (κ1) is 16.8. The third kappa shape index (κ3) is 4.27. The SMILES string of the molecule is O=C(NCc1nccc(N2CCOCC2)n1)c1cccc([N+](=O)[O-])c1. The lowest BCUT2D eigenvalue weighted by atomic mass is 10.2. The minimum Gasteiger partial charge on any atom is -0.378 e. The highest BCUT2D eigenvalue weighted by Gasteiger charge is 2.14. The first-order chi connectivity index (χ1) is 12.1. The summed E-state index contributed by atoms with van der Waals surface area (Å²) in [6, 6.07) is 7.39. The van der Waals surface area contributed by atoms with Crippen molar-refractivity contribution in [3.8, 4) is 0 Å². The van der Waals surface area contributed by atoms with E-state index in [0.717, 1.165) is 18.9 Å². The van der Waals surface area contributed by atoms with Crippen LogP contribution in [-0.2, 0) is 11.3 Å². The second kappa shape index (κ2) is 7.67. The molecule has 1 aliphatic rings. The summed E-state index contributed by atoms with van der Waals surface area (Å²) in [5, 5.41) is 13.5. The quantitative estimate of drug-likeness (QED) is 0.640. The molecule has 2 aromatic rings. The molecule has 25 heavy (non-hydrogen) atoms. The maximum atomic E-state index is 12.2. The van der Waals surface area contributed by atoms with E-state index < -0.39 is 10.8 Å². The van der Waals surface area contributed by atoms with Crippen LogP contribution >= 0.6 is 0 Å². The molecule has 0 aliphatic carbocycles. The molecule has 1 N–H and O–H groups in total. The normalized spacial score (nSPS) is 14.2. The molecule has 9 nitrogen and oxygen atoms in total. The van der Waals surface area contributed by atoms with Gasteiger partial charge in [0, 0.05) is 37.0 Å². The van der Waals surface area contributed by atoms with Crippen LogP contribution in [0.15, 0.2) is 36.5 Å². The summed E-state index contributed by atoms with van der Waals surface area (Å²) in [5.41, 5.74) is 0.0942. The van der Waals surface area contributed by atoms with Gasteiger partial charge in [0.05, 0.1) is 24.7 Å². The monoisotopic (exact) mass is 343 g/mol. The molecular weight excluding hydrogens is 326 g/mol. The van der Waals surface area contributed by atoms with E-state index in [1.54, 1.807) is 6.20 Å². The van der Waals surface area contributed by atoms with Gasteiger partial charge in [-0.2, -0.15) is 0 Å². The third-order valence-corrected chi connectivity index (χ3v) is 3.75. The van der Waals surface area contributed by atoms with Crippen molar-refractivity contribution in [1.82, 2.24) is 15.3 Å². The van der Waals surface area contributed by atoms with Gasteiger partial charge in [0.25, 0.3) is 11.6 Å². The topological polar surface area (TPSA) is 110 Å². The van der Waals surface area contributed by atoms with Crippen LogP contribution in [-0.4, -0.2) is 47.1 Å². The fourth-order valence-electron chi connectivity index (χ4n) is 2.46. The Morgan fingerprint density at radius 3 is 2.88 bits per heavy atom. The van der Waals surface area contributed by atoms with Gasteiger partial charge in [-0.15, -0.1) is 0 Å². The summed E-state index contributed by atoms with van der Waals surface area (Å²) < 4.78 is 5.32. The van der Waals surface area contributed by atoms with Crippen molar-refractivity contribution in [2.75, 3.05) is 31.2 Å². The fraction of sp³-hybridized carbons (Fsp3) is 0.312. The number of nitro benzene ring substituents is 1. The molecule has 1 aromatic carbocycles. The highest BCUT2D eigenvalue weighted by molar-refractivity contribution is 5.94. The van der Waals surface area contributed by atoms with Crippen molar-refractivity contribution in [3.63, 3.8) is 0 Å². The minimum atomic E-state index is -0.536. The number of hydrogen-bond acceptors (Lipinski definition) is 7. The van der Waals surface area contributed by atoms with Crippen molar-refractivity contribution in [1.29, 1.82) is 0 Å². The predicted octanol–water partition coefficient (Wildman–Crippen LogP) is 1.15. The Labute approximate surface area is 143 Å². The van der Waals surface area contributed by atoms with Crippen LogP contribution in [0, 0.1) is 10.1 Å². The van der Waals surface area contributed by atoms with Crippen molar-refractivity contribution in [2.24, 2.45) is 0 Å². The van der Waals surface area contributed by atoms with Gasteiger partial charge in [-0.1, -0.05) is 6.07 Å². The van der Waals surface area contributed by atoms with E-state index in [9.17, 15) is 14.9 Å². The lowest BCUT2D eigenvalue weighted by Crippen LogP contribution is -2.37. The second-order valence-electron chi connectivity index (χ2n) is 5.42. The fourth-order valence-corrected chi connectivity index (χ4v) is 2.46. The van der Waals surface area contributed by atoms with Gasteiger partial charge in [-0.05, 0) is 12.1 Å². The van der Waals surface area contributed by atoms with Crippen molar-refractivity contribution in [3.05, 3.63) is 58.0 Å². The standard InChI is InChI=1S/C16H17N5O4/c22-16(12-2-1-3-13(10-12)21(23)24)18-11-14-17-5-4-15(19-14)20-6-8-25-9-7-20/h1-5,10H,6-9,11H2,(H,18,22). The van der Waals surface area contributed by atoms with Gasteiger partial charge < -0.3 is 15.0 Å². The summed E-state index contributed by atoms with van der Waals surface area (Å²) in [5.74, 6) is 0.852. The number of anilines is 1. The van der Waals surface area contributed by atoms with E-state index in [0.29, 0.717) is 19.0 Å². The highest BCUT2D eigenvalue weighted by Crippen LogP contribution is 2.14. The molecule has 0 radical (unpaired) electrons. The molecule has 0 spiro atoms. The lowest BCUT2D eigenvalue weighted by Gasteiger charge is -2.27. The van der Waals surface area contributed by atoms with Crippen LogP contribution < -0.4 is 10.2 Å². The second-order valence-corrected chi connectivity index (χ2v) is 5.42. The number of benzene rings is 1. The Kier molecular flexibility index (Phi) is 5.14. The summed E-state index contributed by atoms with van der Waals surface area (Å²) in [4.78, 5) is 33.1. The Bertz CT molecular complexity index is 777. The molecule has 1 amide bonds. The van der Waals surface area contributed by atoms with Crippen LogP contribution in [0.25, 0.3) is 0 Å². The van der Waals surface area contributed by atoms with Gasteiger partial charge in [-0.25, -0.2) is 9.97 Å². The number of nitro groups is 1. The van der Waals surface area contributed by atoms with Crippen LogP contribution in [0.4, 0.5) is 11.5 Å². The number of nitrogens with one attached hydrogen (secondary N) is 1. The average molecular weight is 343 g/mol. The first-order valence-electron chi connectivity index (χ1n) is 7.81. The number of nitrogens with zero attached hydrogens (tertiary/aromatic N) is 4. The van der Waals surface area contributed by atoms with Crippen LogP contribution in [0.5, 0.6) is 0 Å². The molecule has 1 fully saturated rings. The van der Waals surface area contributed by atoms with Gasteiger partial charge >= 0.3 is 0 Å². The molecule has 0 saturated carbocycles. The summed E-state index contributed by atoms with van der Waals surface area (Å²) in [6.45, 7) is 2.97. The summed E-state index contributed by atoms with van der Waals surface area (Å²) >= 11 is 0. The third-order valence-electron chi connectivity index (χ3n) is 3.75. The molecule has 130 valence electrons. The number of rotatable bonds is 5. The highest BCUT2D eigenvalue weighted by atomic mass is 16.6. The zero-order valence-electron chi connectivity index (χ0n) is 13.4. The van der Waals surface area contributed by atoms with E-state index in [-0.39, 0.29) is 17.8 Å². The molecule has 2 heterocycles. The van der Waals surface area contributed by atoms with E-state index in [4.69, 9.17) is 4.74 Å². The molecule has 0 bridgehead atoms. The molecule has 0 atom stereocenters. The molecule has 0 unspecified atom stereocenters. The predicted molar refractivity (Wildman–Crippen MR) is 89.3 cm³/mol. The van der Waals surface area contributed by atoms with Crippen molar-refractivity contribution in [2.45, 2.75) is 6.54 Å². The lowest BCUT2D eigenvalue weighted by molar-refractivity contribution is -0.384. The van der Waals surface area contributed by atoms with Crippen molar-refractivity contribution >= 4 is 17.4 Å². The van der Waals surface area contributed by atoms with E-state index in [1.165, 1.54) is 24.3 Å². The number of carbonyl (C=O) groups is 1. The van der Waals surface area contributed by atoms with Crippen LogP contribution in [0.3, 0.4) is 0 Å². The number of carbonyl (C=O) groups excluding carboxylic acids is 1. The van der Waals surface area contributed by atoms with Crippen LogP contribution in [0.2, 0.25) is 0 Å². The maximum absolute atomic E-state index is 12.2. The zero-order valence-corrected chi connectivity index (χ0v) is 13.4. The van der Waals surface area contributed by atoms with Gasteiger partial charge in [-0.3, -0.25) is 14.9 Å². The number of hydrogen-bond donors (Lipinski definition) is 1. The zero-order chi connectivity index (χ0) is 17.6. The molecule has 3 rings (SSSR count). The van der Waals surface area contributed by atoms with Gasteiger partial charge in [0.2, 0.25) is 0 Å². The Morgan fingerprint density at radius 1 is 1.32 bits per heavy atom. The number of ether oxygens (including phenoxy) is 1. The molecule has 1 aliphatic heterocycles. The number of non-ortho nitro benzene ring substituents is 1. The van der Waals surface area contributed by atoms with Gasteiger partial charge in [0.15, 0.2) is 0 Å². The smallest absolute Gasteiger partial charge is 0.270 e. The van der Waals surface area contributed by atoms with Crippen LogP contribution in [0.1, 0.15) is 16.2 Å². The van der Waals surface area contributed by atoms with E-state index in [2.05, 4.69) is 20.2 Å². The molecule has 1 aromatic heterocycles. The molecule has 9 heteroatoms. The van der Waals surface area contributed by atoms with Crippen molar-refractivity contribution < 1.29 is 14.5 Å². The largest absolute Gasteiger partial charge is 0.378 e. The van der Waals surface area contributed by atoms with E-state index >= 15 is 0 Å². The number of aromatic nitrogens is 2. The summed E-state index contributed by atoms with van der Waals surface area (Å²) in [7, 11) is 0. The number of amides is 1. The minimum absolute atomic E-state index is 0.127. The summed E-state index contributed by atoms with van der Waals surface area (Å²) in [6.07, 6.45) is 1.65. The number of morpholine rings is 1. The first-order valence-corrected chi connectivity index (χ1v) is 7.81. The Hall–Kier alpha value is -3.07. The Morgan fingerprint density at radius 2 is 2.12 bits per heavy atom. The molecular formula is C16H17N5O4.